The van der Waals surface area contributed by atoms with Gasteiger partial charge in [-0.2, -0.15) is 0 Å². The fraction of sp³-hybridized carbons (Fsp3) is 0.562. The van der Waals surface area contributed by atoms with Crippen LogP contribution in [0.15, 0.2) is 12.1 Å². The van der Waals surface area contributed by atoms with Crippen molar-refractivity contribution in [3.8, 4) is 11.5 Å². The van der Waals surface area contributed by atoms with Crippen LogP contribution in [0.4, 0.5) is 0 Å². The summed E-state index contributed by atoms with van der Waals surface area (Å²) in [6, 6.07) is 3.71. The molecule has 1 aromatic carbocycles. The minimum atomic E-state index is -0.362. The van der Waals surface area contributed by atoms with E-state index in [4.69, 9.17) is 4.74 Å². The molecule has 3 aliphatic rings. The third kappa shape index (κ3) is 1.17. The van der Waals surface area contributed by atoms with Crippen molar-refractivity contribution in [1.82, 2.24) is 0 Å². The summed E-state index contributed by atoms with van der Waals surface area (Å²) in [4.78, 5) is 12.3. The maximum absolute atomic E-state index is 12.3. The molecule has 1 aliphatic heterocycles. The van der Waals surface area contributed by atoms with Gasteiger partial charge in [-0.25, -0.2) is 0 Å². The number of phenols is 1. The standard InChI is InChI=1S/C16H18O3/c1-2-16-10-5-3-9-4-7-11(17)14(13(9)16)19-15(16)12(18)8-6-10/h4,7,10,15,17H,2-3,5-6,8H2,1H3/t10?,15-,16?/m1/s1. The lowest BCUT2D eigenvalue weighted by Gasteiger charge is -2.46. The van der Waals surface area contributed by atoms with Crippen LogP contribution in [0, 0.1) is 5.92 Å². The number of rotatable bonds is 1. The van der Waals surface area contributed by atoms with E-state index in [0.717, 1.165) is 31.2 Å². The zero-order valence-electron chi connectivity index (χ0n) is 11.1. The van der Waals surface area contributed by atoms with Gasteiger partial charge in [0.15, 0.2) is 23.4 Å². The van der Waals surface area contributed by atoms with Crippen molar-refractivity contribution in [2.45, 2.75) is 50.5 Å². The number of benzene rings is 1. The molecule has 1 saturated carbocycles. The van der Waals surface area contributed by atoms with Gasteiger partial charge in [0, 0.05) is 17.4 Å². The average molecular weight is 258 g/mol. The Morgan fingerprint density at radius 1 is 1.37 bits per heavy atom. The second-order valence-corrected chi connectivity index (χ2v) is 6.08. The maximum Gasteiger partial charge on any atom is 0.174 e. The number of carbonyl (C=O) groups is 1. The Kier molecular flexibility index (Phi) is 2.10. The van der Waals surface area contributed by atoms with Crippen molar-refractivity contribution in [3.63, 3.8) is 0 Å². The van der Waals surface area contributed by atoms with Crippen molar-refractivity contribution >= 4 is 5.78 Å². The highest BCUT2D eigenvalue weighted by Gasteiger charge is 2.60. The van der Waals surface area contributed by atoms with Crippen LogP contribution < -0.4 is 4.74 Å². The lowest BCUT2D eigenvalue weighted by Crippen LogP contribution is -2.53. The van der Waals surface area contributed by atoms with Crippen molar-refractivity contribution in [3.05, 3.63) is 23.3 Å². The third-order valence-electron chi connectivity index (χ3n) is 5.50. The first kappa shape index (κ1) is 11.3. The van der Waals surface area contributed by atoms with E-state index in [1.807, 2.05) is 6.07 Å². The third-order valence-corrected chi connectivity index (χ3v) is 5.50. The minimum absolute atomic E-state index is 0.170. The monoisotopic (exact) mass is 258 g/mol. The first-order valence-electron chi connectivity index (χ1n) is 7.23. The Morgan fingerprint density at radius 2 is 2.16 bits per heavy atom. The van der Waals surface area contributed by atoms with Gasteiger partial charge in [0.2, 0.25) is 0 Å². The largest absolute Gasteiger partial charge is 0.504 e. The number of hydrogen-bond donors (Lipinski definition) is 1. The first-order chi connectivity index (χ1) is 9.18. The molecule has 1 fully saturated rings. The molecule has 3 atom stereocenters. The second kappa shape index (κ2) is 3.53. The highest BCUT2D eigenvalue weighted by Crippen LogP contribution is 2.60. The fourth-order valence-corrected chi connectivity index (χ4v) is 4.66. The lowest BCUT2D eigenvalue weighted by atomic mass is 9.55. The molecule has 0 amide bonds. The molecule has 19 heavy (non-hydrogen) atoms. The van der Waals surface area contributed by atoms with Gasteiger partial charge in [-0.3, -0.25) is 4.79 Å². The van der Waals surface area contributed by atoms with Crippen molar-refractivity contribution < 1.29 is 14.6 Å². The quantitative estimate of drug-likeness (QED) is 0.842. The Bertz CT molecular complexity index is 578. The summed E-state index contributed by atoms with van der Waals surface area (Å²) in [7, 11) is 0. The molecular formula is C16H18O3. The molecule has 2 aliphatic carbocycles. The topological polar surface area (TPSA) is 46.5 Å². The van der Waals surface area contributed by atoms with Crippen LogP contribution in [0.3, 0.4) is 0 Å². The van der Waals surface area contributed by atoms with Crippen molar-refractivity contribution in [1.29, 1.82) is 0 Å². The molecule has 1 aromatic rings. The minimum Gasteiger partial charge on any atom is -0.504 e. The van der Waals surface area contributed by atoms with E-state index in [2.05, 4.69) is 6.92 Å². The molecule has 0 bridgehead atoms. The number of phenolic OH excluding ortho intramolecular Hbond substituents is 1. The van der Waals surface area contributed by atoms with Gasteiger partial charge in [0.05, 0.1) is 0 Å². The molecule has 0 saturated heterocycles. The molecule has 0 radical (unpaired) electrons. The molecule has 3 heteroatoms. The van der Waals surface area contributed by atoms with Crippen LogP contribution in [-0.4, -0.2) is 17.0 Å². The van der Waals surface area contributed by atoms with Crippen LogP contribution in [0.25, 0.3) is 0 Å². The SMILES string of the molecule is CCC12c3c4ccc(O)c3O[C@@H]1C(=O)CCC2CC4. The van der Waals surface area contributed by atoms with Crippen LogP contribution in [0.2, 0.25) is 0 Å². The molecule has 0 aromatic heterocycles. The predicted octanol–water partition coefficient (Wildman–Crippen LogP) is 2.73. The first-order valence-corrected chi connectivity index (χ1v) is 7.23. The number of ether oxygens (including phenoxy) is 1. The van der Waals surface area contributed by atoms with Crippen molar-refractivity contribution in [2.24, 2.45) is 5.92 Å². The summed E-state index contributed by atoms with van der Waals surface area (Å²) >= 11 is 0. The van der Waals surface area contributed by atoms with E-state index in [0.29, 0.717) is 18.1 Å². The van der Waals surface area contributed by atoms with E-state index >= 15 is 0 Å². The maximum atomic E-state index is 12.3. The number of hydrogen-bond acceptors (Lipinski definition) is 3. The van der Waals surface area contributed by atoms with Crippen LogP contribution in [-0.2, 0) is 16.6 Å². The molecule has 0 spiro atoms. The normalized spacial score (nSPS) is 34.9. The van der Waals surface area contributed by atoms with E-state index in [1.54, 1.807) is 6.07 Å². The number of aromatic hydroxyl groups is 1. The van der Waals surface area contributed by atoms with Gasteiger partial charge < -0.3 is 9.84 Å². The second-order valence-electron chi connectivity index (χ2n) is 6.08. The van der Waals surface area contributed by atoms with Crippen LogP contribution in [0.5, 0.6) is 11.5 Å². The zero-order chi connectivity index (χ0) is 13.2. The van der Waals surface area contributed by atoms with Gasteiger partial charge in [-0.1, -0.05) is 13.0 Å². The number of Topliss-reactive ketones (excluding diaryl/α,β-unsaturated/α-hetero) is 1. The Balaban J connectivity index is 2.03. The smallest absolute Gasteiger partial charge is 0.174 e. The molecule has 4 rings (SSSR count). The van der Waals surface area contributed by atoms with Gasteiger partial charge in [-0.05, 0) is 43.2 Å². The Hall–Kier alpha value is -1.51. The average Bonchev–Trinajstić information content (AvgIpc) is 2.80. The summed E-state index contributed by atoms with van der Waals surface area (Å²) in [5.74, 6) is 1.51. The number of carbonyl (C=O) groups excluding carboxylic acids is 1. The lowest BCUT2D eigenvalue weighted by molar-refractivity contribution is -0.133. The fourth-order valence-electron chi connectivity index (χ4n) is 4.66. The Morgan fingerprint density at radius 3 is 2.95 bits per heavy atom. The summed E-state index contributed by atoms with van der Waals surface area (Å²) in [5, 5.41) is 10.1. The number of ketones is 1. The summed E-state index contributed by atoms with van der Waals surface area (Å²) in [5.41, 5.74) is 2.24. The highest BCUT2D eigenvalue weighted by molar-refractivity contribution is 5.88. The molecule has 1 N–H and O–H groups in total. The van der Waals surface area contributed by atoms with Crippen molar-refractivity contribution in [2.75, 3.05) is 0 Å². The summed E-state index contributed by atoms with van der Waals surface area (Å²) < 4.78 is 5.94. The van der Waals surface area contributed by atoms with E-state index < -0.39 is 0 Å². The zero-order valence-corrected chi connectivity index (χ0v) is 11.1. The van der Waals surface area contributed by atoms with Gasteiger partial charge in [0.25, 0.3) is 0 Å². The van der Waals surface area contributed by atoms with Gasteiger partial charge in [-0.15, -0.1) is 0 Å². The van der Waals surface area contributed by atoms with E-state index in [-0.39, 0.29) is 23.1 Å². The molecule has 100 valence electrons. The number of aryl methyl sites for hydroxylation is 1. The van der Waals surface area contributed by atoms with E-state index in [1.165, 1.54) is 5.56 Å². The van der Waals surface area contributed by atoms with E-state index in [9.17, 15) is 9.90 Å². The summed E-state index contributed by atoms with van der Waals surface area (Å²) in [6.45, 7) is 2.15. The molecule has 1 heterocycles. The van der Waals surface area contributed by atoms with Crippen LogP contribution >= 0.6 is 0 Å². The predicted molar refractivity (Wildman–Crippen MR) is 70.5 cm³/mol. The van der Waals surface area contributed by atoms with Gasteiger partial charge >= 0.3 is 0 Å². The summed E-state index contributed by atoms with van der Waals surface area (Å²) in [6.07, 6.45) is 4.33. The highest BCUT2D eigenvalue weighted by atomic mass is 16.5. The molecule has 2 unspecified atom stereocenters. The molecule has 3 nitrogen and oxygen atoms in total. The Labute approximate surface area is 112 Å². The van der Waals surface area contributed by atoms with Gasteiger partial charge in [0.1, 0.15) is 0 Å². The van der Waals surface area contributed by atoms with Crippen LogP contribution in [0.1, 0.15) is 43.7 Å². The molecular weight excluding hydrogens is 240 g/mol.